The lowest BCUT2D eigenvalue weighted by Gasteiger charge is -2.15. The van der Waals surface area contributed by atoms with Crippen LogP contribution in [0.3, 0.4) is 0 Å². The monoisotopic (exact) mass is 266 g/mol. The number of hydrogen-bond acceptors (Lipinski definition) is 4. The molecule has 0 aliphatic heterocycles. The topological polar surface area (TPSA) is 44.8 Å². The maximum atomic E-state index is 11.8. The van der Waals surface area contributed by atoms with E-state index in [4.69, 9.17) is 13.6 Å². The lowest BCUT2D eigenvalue weighted by atomic mass is 10.1. The van der Waals surface area contributed by atoms with Crippen molar-refractivity contribution in [3.05, 3.63) is 0 Å². The van der Waals surface area contributed by atoms with Gasteiger partial charge < -0.3 is 0 Å². The third-order valence-electron chi connectivity index (χ3n) is 2.42. The molecule has 0 saturated carbocycles. The first-order valence-corrected chi connectivity index (χ1v) is 8.09. The van der Waals surface area contributed by atoms with Gasteiger partial charge in [0.25, 0.3) is 0 Å². The Hall–Kier alpha value is 0.110. The van der Waals surface area contributed by atoms with E-state index in [-0.39, 0.29) is 0 Å². The van der Waals surface area contributed by atoms with E-state index < -0.39 is 7.82 Å². The number of hydrogen-bond donors (Lipinski definition) is 0. The molecule has 0 aliphatic carbocycles. The Kier molecular flexibility index (Phi) is 11.3. The Morgan fingerprint density at radius 1 is 0.824 bits per heavy atom. The van der Waals surface area contributed by atoms with Gasteiger partial charge in [0.15, 0.2) is 0 Å². The molecule has 1 atom stereocenters. The van der Waals surface area contributed by atoms with Crippen molar-refractivity contribution < 1.29 is 18.1 Å². The molecule has 104 valence electrons. The van der Waals surface area contributed by atoms with Crippen molar-refractivity contribution in [2.75, 3.05) is 20.3 Å². The molecule has 0 saturated heterocycles. The molecule has 4 nitrogen and oxygen atoms in total. The average molecular weight is 266 g/mol. The molecule has 17 heavy (non-hydrogen) atoms. The third-order valence-corrected chi connectivity index (χ3v) is 3.87. The van der Waals surface area contributed by atoms with E-state index in [0.717, 1.165) is 19.3 Å². The smallest absolute Gasteiger partial charge is 0.290 e. The summed E-state index contributed by atoms with van der Waals surface area (Å²) in [6.07, 6.45) is 7.84. The van der Waals surface area contributed by atoms with Crippen molar-refractivity contribution in [3.8, 4) is 0 Å². The molecule has 0 bridgehead atoms. The lowest BCUT2D eigenvalue weighted by Crippen LogP contribution is -2.00. The molecule has 0 heterocycles. The van der Waals surface area contributed by atoms with Crippen LogP contribution in [0.15, 0.2) is 0 Å². The first kappa shape index (κ1) is 17.1. The van der Waals surface area contributed by atoms with Crippen LogP contribution in [-0.2, 0) is 18.1 Å². The van der Waals surface area contributed by atoms with Crippen LogP contribution in [-0.4, -0.2) is 20.3 Å². The van der Waals surface area contributed by atoms with E-state index in [0.29, 0.717) is 13.2 Å². The molecule has 0 aliphatic rings. The number of unbranched alkanes of at least 4 members (excludes halogenated alkanes) is 5. The highest BCUT2D eigenvalue weighted by Crippen LogP contribution is 2.48. The van der Waals surface area contributed by atoms with Gasteiger partial charge in [-0.1, -0.05) is 46.0 Å². The molecule has 5 heteroatoms. The van der Waals surface area contributed by atoms with Crippen LogP contribution in [0.2, 0.25) is 0 Å². The van der Waals surface area contributed by atoms with Crippen molar-refractivity contribution in [1.82, 2.24) is 0 Å². The average Bonchev–Trinajstić information content (AvgIpc) is 2.35. The van der Waals surface area contributed by atoms with E-state index in [9.17, 15) is 4.57 Å². The zero-order valence-electron chi connectivity index (χ0n) is 11.4. The van der Waals surface area contributed by atoms with Gasteiger partial charge in [-0.2, -0.15) is 0 Å². The summed E-state index contributed by atoms with van der Waals surface area (Å²) in [5.74, 6) is 0. The van der Waals surface area contributed by atoms with E-state index in [1.165, 1.54) is 32.8 Å². The summed E-state index contributed by atoms with van der Waals surface area (Å²) < 4.78 is 26.9. The minimum Gasteiger partial charge on any atom is -0.290 e. The highest BCUT2D eigenvalue weighted by molar-refractivity contribution is 7.48. The Balaban J connectivity index is 3.52. The summed E-state index contributed by atoms with van der Waals surface area (Å²) in [5.41, 5.74) is 0. The van der Waals surface area contributed by atoms with E-state index in [1.54, 1.807) is 0 Å². The second kappa shape index (κ2) is 11.2. The summed E-state index contributed by atoms with van der Waals surface area (Å²) >= 11 is 0. The summed E-state index contributed by atoms with van der Waals surface area (Å²) in [7, 11) is -1.92. The van der Waals surface area contributed by atoms with Crippen molar-refractivity contribution in [1.29, 1.82) is 0 Å². The number of phosphoric acid groups is 1. The Morgan fingerprint density at radius 2 is 1.41 bits per heavy atom. The van der Waals surface area contributed by atoms with Crippen LogP contribution >= 0.6 is 7.82 Å². The molecule has 0 N–H and O–H groups in total. The second-order valence-corrected chi connectivity index (χ2v) is 5.84. The summed E-state index contributed by atoms with van der Waals surface area (Å²) in [5, 5.41) is 0. The number of phosphoric ester groups is 1. The van der Waals surface area contributed by atoms with Crippen molar-refractivity contribution in [3.63, 3.8) is 0 Å². The Labute approximate surface area is 106 Å². The van der Waals surface area contributed by atoms with E-state index in [2.05, 4.69) is 6.92 Å². The van der Waals surface area contributed by atoms with Crippen LogP contribution in [0.5, 0.6) is 0 Å². The van der Waals surface area contributed by atoms with Crippen molar-refractivity contribution in [2.24, 2.45) is 0 Å². The Bertz CT molecular complexity index is 209. The molecule has 0 fully saturated rings. The summed E-state index contributed by atoms with van der Waals surface area (Å²) in [4.78, 5) is 0. The largest absolute Gasteiger partial charge is 0.474 e. The maximum Gasteiger partial charge on any atom is 0.474 e. The quantitative estimate of drug-likeness (QED) is 0.384. The van der Waals surface area contributed by atoms with Gasteiger partial charge in [-0.15, -0.1) is 0 Å². The van der Waals surface area contributed by atoms with Gasteiger partial charge in [-0.3, -0.25) is 13.6 Å². The Morgan fingerprint density at radius 3 is 2.00 bits per heavy atom. The zero-order chi connectivity index (χ0) is 13.0. The minimum atomic E-state index is -3.28. The van der Waals surface area contributed by atoms with Gasteiger partial charge >= 0.3 is 7.82 Å². The van der Waals surface area contributed by atoms with Gasteiger partial charge in [-0.05, 0) is 12.8 Å². The van der Waals surface area contributed by atoms with Gasteiger partial charge in [0, 0.05) is 7.11 Å². The fourth-order valence-electron chi connectivity index (χ4n) is 1.40. The molecule has 0 radical (unpaired) electrons. The zero-order valence-corrected chi connectivity index (χ0v) is 12.3. The molecular weight excluding hydrogens is 239 g/mol. The first-order chi connectivity index (χ1) is 8.18. The van der Waals surface area contributed by atoms with E-state index in [1.807, 2.05) is 6.92 Å². The second-order valence-electron chi connectivity index (χ2n) is 4.06. The molecule has 0 amide bonds. The molecule has 1 unspecified atom stereocenters. The van der Waals surface area contributed by atoms with Crippen LogP contribution in [0.25, 0.3) is 0 Å². The van der Waals surface area contributed by atoms with Gasteiger partial charge in [0.2, 0.25) is 0 Å². The summed E-state index contributed by atoms with van der Waals surface area (Å²) in [6, 6.07) is 0. The normalized spacial score (nSPS) is 14.8. The predicted molar refractivity (Wildman–Crippen MR) is 70.2 cm³/mol. The van der Waals surface area contributed by atoms with Gasteiger partial charge in [-0.25, -0.2) is 4.57 Å². The van der Waals surface area contributed by atoms with Crippen LogP contribution in [0.4, 0.5) is 0 Å². The van der Waals surface area contributed by atoms with Crippen molar-refractivity contribution in [2.45, 2.75) is 58.8 Å². The number of rotatable bonds is 12. The van der Waals surface area contributed by atoms with Gasteiger partial charge in [0.05, 0.1) is 13.2 Å². The standard InChI is InChI=1S/C12H27O4P/c1-4-6-7-8-9-10-12-16-17(13,14-3)15-11-5-2/h4-12H2,1-3H3. The molecular formula is C12H27O4P. The molecule has 0 aromatic rings. The SMILES string of the molecule is CCCCCCCCOP(=O)(OC)OCCC. The fourth-order valence-corrected chi connectivity index (χ4v) is 2.45. The first-order valence-electron chi connectivity index (χ1n) is 6.63. The molecule has 0 rings (SSSR count). The van der Waals surface area contributed by atoms with Crippen LogP contribution < -0.4 is 0 Å². The summed E-state index contributed by atoms with van der Waals surface area (Å²) in [6.45, 7) is 5.00. The highest BCUT2D eigenvalue weighted by Gasteiger charge is 2.23. The minimum absolute atomic E-state index is 0.404. The van der Waals surface area contributed by atoms with E-state index >= 15 is 0 Å². The lowest BCUT2D eigenvalue weighted by molar-refractivity contribution is 0.129. The highest BCUT2D eigenvalue weighted by atomic mass is 31.2. The van der Waals surface area contributed by atoms with Gasteiger partial charge in [0.1, 0.15) is 0 Å². The van der Waals surface area contributed by atoms with Crippen LogP contribution in [0, 0.1) is 0 Å². The van der Waals surface area contributed by atoms with Crippen molar-refractivity contribution >= 4 is 7.82 Å². The molecule has 0 aromatic carbocycles. The fraction of sp³-hybridized carbons (Fsp3) is 1.00. The molecule has 0 aromatic heterocycles. The third kappa shape index (κ3) is 9.78. The maximum absolute atomic E-state index is 11.8. The van der Waals surface area contributed by atoms with Crippen LogP contribution in [0.1, 0.15) is 58.8 Å². The molecule has 0 spiro atoms. The predicted octanol–water partition coefficient (Wildman–Crippen LogP) is 4.54.